The molecule has 3 rings (SSSR count). The number of aromatic nitrogens is 1. The van der Waals surface area contributed by atoms with E-state index in [1.54, 1.807) is 11.0 Å². The fraction of sp³-hybridized carbons (Fsp3) is 0.294. The summed E-state index contributed by atoms with van der Waals surface area (Å²) in [6.45, 7) is 2.82. The molecular weight excluding hydrogens is 330 g/mol. The van der Waals surface area contributed by atoms with Crippen molar-refractivity contribution in [3.05, 3.63) is 53.7 Å². The van der Waals surface area contributed by atoms with E-state index in [1.165, 1.54) is 24.4 Å². The highest BCUT2D eigenvalue weighted by Crippen LogP contribution is 2.14. The zero-order valence-electron chi connectivity index (χ0n) is 13.5. The first kappa shape index (κ1) is 17.1. The van der Waals surface area contributed by atoms with Gasteiger partial charge in [0.1, 0.15) is 11.6 Å². The molecule has 1 aromatic carbocycles. The summed E-state index contributed by atoms with van der Waals surface area (Å²) in [6.07, 6.45) is 1.26. The Kier molecular flexibility index (Phi) is 5.08. The molecule has 0 atom stereocenters. The second-order valence-electron chi connectivity index (χ2n) is 5.84. The van der Waals surface area contributed by atoms with Crippen molar-refractivity contribution < 1.29 is 18.7 Å². The maximum Gasteiger partial charge on any atom is 0.323 e. The van der Waals surface area contributed by atoms with Gasteiger partial charge in [0.15, 0.2) is 11.6 Å². The number of aromatic hydroxyl groups is 1. The average molecular weight is 348 g/mol. The number of anilines is 1. The molecule has 0 bridgehead atoms. The molecule has 132 valence electrons. The zero-order chi connectivity index (χ0) is 17.8. The van der Waals surface area contributed by atoms with Gasteiger partial charge in [0, 0.05) is 32.7 Å². The SMILES string of the molecule is O=C(Nc1ccc(O)cn1)N1CCN(Cc2ccc(F)c(F)c2)CC1. The molecule has 2 aromatic rings. The van der Waals surface area contributed by atoms with E-state index < -0.39 is 11.6 Å². The molecule has 1 saturated heterocycles. The van der Waals surface area contributed by atoms with Gasteiger partial charge < -0.3 is 10.0 Å². The third kappa shape index (κ3) is 4.42. The van der Waals surface area contributed by atoms with Crippen molar-refractivity contribution >= 4 is 11.8 Å². The predicted molar refractivity (Wildman–Crippen MR) is 88.1 cm³/mol. The number of nitrogens with zero attached hydrogens (tertiary/aromatic N) is 3. The Bertz CT molecular complexity index is 747. The number of benzene rings is 1. The van der Waals surface area contributed by atoms with Crippen LogP contribution in [-0.4, -0.2) is 52.1 Å². The number of rotatable bonds is 3. The number of hydrogen-bond acceptors (Lipinski definition) is 4. The van der Waals surface area contributed by atoms with Gasteiger partial charge in [-0.05, 0) is 29.8 Å². The van der Waals surface area contributed by atoms with Gasteiger partial charge in [0.2, 0.25) is 0 Å². The predicted octanol–water partition coefficient (Wildman–Crippen LogP) is 2.42. The van der Waals surface area contributed by atoms with Gasteiger partial charge in [-0.2, -0.15) is 0 Å². The second kappa shape index (κ2) is 7.43. The van der Waals surface area contributed by atoms with E-state index in [2.05, 4.69) is 15.2 Å². The van der Waals surface area contributed by atoms with Crippen molar-refractivity contribution in [3.63, 3.8) is 0 Å². The van der Waals surface area contributed by atoms with Gasteiger partial charge in [-0.15, -0.1) is 0 Å². The van der Waals surface area contributed by atoms with E-state index in [4.69, 9.17) is 0 Å². The number of halogens is 2. The first-order valence-electron chi connectivity index (χ1n) is 7.88. The van der Waals surface area contributed by atoms with Crippen LogP contribution in [0.1, 0.15) is 5.56 Å². The summed E-state index contributed by atoms with van der Waals surface area (Å²) in [5.41, 5.74) is 0.699. The fourth-order valence-corrected chi connectivity index (χ4v) is 2.65. The van der Waals surface area contributed by atoms with Crippen molar-refractivity contribution in [1.29, 1.82) is 0 Å². The van der Waals surface area contributed by atoms with Gasteiger partial charge >= 0.3 is 6.03 Å². The van der Waals surface area contributed by atoms with Crippen LogP contribution in [0.5, 0.6) is 5.75 Å². The summed E-state index contributed by atoms with van der Waals surface area (Å²) >= 11 is 0. The molecule has 2 amide bonds. The number of urea groups is 1. The topological polar surface area (TPSA) is 68.7 Å². The lowest BCUT2D eigenvalue weighted by Gasteiger charge is -2.34. The maximum absolute atomic E-state index is 13.3. The lowest BCUT2D eigenvalue weighted by molar-refractivity contribution is 0.143. The van der Waals surface area contributed by atoms with E-state index >= 15 is 0 Å². The minimum Gasteiger partial charge on any atom is -0.506 e. The van der Waals surface area contributed by atoms with Crippen LogP contribution in [0.15, 0.2) is 36.5 Å². The molecule has 0 spiro atoms. The Labute approximate surface area is 143 Å². The van der Waals surface area contributed by atoms with Crippen LogP contribution in [0, 0.1) is 11.6 Å². The van der Waals surface area contributed by atoms with Crippen LogP contribution in [-0.2, 0) is 6.54 Å². The highest BCUT2D eigenvalue weighted by molar-refractivity contribution is 5.88. The number of amides is 2. The Hall–Kier alpha value is -2.74. The Morgan fingerprint density at radius 2 is 1.88 bits per heavy atom. The molecule has 2 heterocycles. The second-order valence-corrected chi connectivity index (χ2v) is 5.84. The molecule has 1 fully saturated rings. The standard InChI is InChI=1S/C17H18F2N4O2/c18-14-3-1-12(9-15(14)19)11-22-5-7-23(8-6-22)17(25)21-16-4-2-13(24)10-20-16/h1-4,9-10,24H,5-8,11H2,(H,20,21,25). The molecule has 6 nitrogen and oxygen atoms in total. The maximum atomic E-state index is 13.3. The lowest BCUT2D eigenvalue weighted by atomic mass is 10.2. The number of nitrogens with one attached hydrogen (secondary N) is 1. The van der Waals surface area contributed by atoms with Crippen LogP contribution < -0.4 is 5.32 Å². The summed E-state index contributed by atoms with van der Waals surface area (Å²) in [5.74, 6) is -1.30. The normalized spacial score (nSPS) is 15.2. The lowest BCUT2D eigenvalue weighted by Crippen LogP contribution is -2.49. The molecule has 0 unspecified atom stereocenters. The van der Waals surface area contributed by atoms with E-state index in [0.29, 0.717) is 44.1 Å². The molecule has 0 radical (unpaired) electrons. The van der Waals surface area contributed by atoms with Gasteiger partial charge in [0.05, 0.1) is 6.20 Å². The molecule has 1 aliphatic heterocycles. The number of carbonyl (C=O) groups excluding carboxylic acids is 1. The smallest absolute Gasteiger partial charge is 0.323 e. The van der Waals surface area contributed by atoms with Crippen LogP contribution in [0.2, 0.25) is 0 Å². The summed E-state index contributed by atoms with van der Waals surface area (Å²) in [5, 5.41) is 11.9. The van der Waals surface area contributed by atoms with E-state index in [0.717, 1.165) is 6.07 Å². The largest absolute Gasteiger partial charge is 0.506 e. The Balaban J connectivity index is 1.50. The van der Waals surface area contributed by atoms with Gasteiger partial charge in [-0.3, -0.25) is 10.2 Å². The average Bonchev–Trinajstić information content (AvgIpc) is 2.61. The number of hydrogen-bond donors (Lipinski definition) is 2. The molecular formula is C17H18F2N4O2. The molecule has 1 aromatic heterocycles. The third-order valence-corrected chi connectivity index (χ3v) is 4.03. The highest BCUT2D eigenvalue weighted by Gasteiger charge is 2.21. The fourth-order valence-electron chi connectivity index (χ4n) is 2.65. The number of piperazine rings is 1. The van der Waals surface area contributed by atoms with Crippen molar-refractivity contribution in [3.8, 4) is 5.75 Å². The van der Waals surface area contributed by atoms with Gasteiger partial charge in [0.25, 0.3) is 0 Å². The molecule has 25 heavy (non-hydrogen) atoms. The van der Waals surface area contributed by atoms with Gasteiger partial charge in [-0.25, -0.2) is 18.6 Å². The molecule has 8 heteroatoms. The number of pyridine rings is 1. The summed E-state index contributed by atoms with van der Waals surface area (Å²) in [4.78, 5) is 19.9. The van der Waals surface area contributed by atoms with Crippen molar-refractivity contribution in [1.82, 2.24) is 14.8 Å². The quantitative estimate of drug-likeness (QED) is 0.894. The third-order valence-electron chi connectivity index (χ3n) is 4.03. The van der Waals surface area contributed by atoms with E-state index in [9.17, 15) is 18.7 Å². The van der Waals surface area contributed by atoms with E-state index in [-0.39, 0.29) is 11.8 Å². The van der Waals surface area contributed by atoms with Crippen LogP contribution in [0.25, 0.3) is 0 Å². The van der Waals surface area contributed by atoms with Crippen molar-refractivity contribution in [2.45, 2.75) is 6.54 Å². The van der Waals surface area contributed by atoms with Crippen LogP contribution in [0.3, 0.4) is 0 Å². The minimum atomic E-state index is -0.854. The number of carbonyl (C=O) groups is 1. The molecule has 0 saturated carbocycles. The van der Waals surface area contributed by atoms with Crippen LogP contribution in [0.4, 0.5) is 19.4 Å². The summed E-state index contributed by atoms with van der Waals surface area (Å²) in [6, 6.07) is 6.60. The monoisotopic (exact) mass is 348 g/mol. The van der Waals surface area contributed by atoms with E-state index in [1.807, 2.05) is 0 Å². The van der Waals surface area contributed by atoms with Crippen molar-refractivity contribution in [2.75, 3.05) is 31.5 Å². The summed E-state index contributed by atoms with van der Waals surface area (Å²) in [7, 11) is 0. The van der Waals surface area contributed by atoms with Crippen LogP contribution >= 0.6 is 0 Å². The first-order valence-corrected chi connectivity index (χ1v) is 7.88. The Morgan fingerprint density at radius 3 is 2.52 bits per heavy atom. The summed E-state index contributed by atoms with van der Waals surface area (Å²) < 4.78 is 26.2. The van der Waals surface area contributed by atoms with Crippen molar-refractivity contribution in [2.24, 2.45) is 0 Å². The molecule has 0 aliphatic carbocycles. The highest BCUT2D eigenvalue weighted by atomic mass is 19.2. The zero-order valence-corrected chi connectivity index (χ0v) is 13.5. The molecule has 2 N–H and O–H groups in total. The Morgan fingerprint density at radius 1 is 1.12 bits per heavy atom. The van der Waals surface area contributed by atoms with Gasteiger partial charge in [-0.1, -0.05) is 6.07 Å². The minimum absolute atomic E-state index is 0.0313. The molecule has 1 aliphatic rings. The first-order chi connectivity index (χ1) is 12.0.